The van der Waals surface area contributed by atoms with Crippen molar-refractivity contribution in [3.05, 3.63) is 48.5 Å². The molecule has 0 heterocycles. The highest BCUT2D eigenvalue weighted by molar-refractivity contribution is 7.90. The van der Waals surface area contributed by atoms with Crippen molar-refractivity contribution in [1.82, 2.24) is 0 Å². The number of sulfone groups is 1. The van der Waals surface area contributed by atoms with Crippen LogP contribution in [0.5, 0.6) is 17.2 Å². The van der Waals surface area contributed by atoms with E-state index in [1.807, 2.05) is 0 Å². The molecule has 5 heteroatoms. The number of para-hydroxylation sites is 1. The third-order valence-electron chi connectivity index (χ3n) is 2.54. The third kappa shape index (κ3) is 3.26. The van der Waals surface area contributed by atoms with E-state index in [9.17, 15) is 8.42 Å². The van der Waals surface area contributed by atoms with Gasteiger partial charge in [0, 0.05) is 6.26 Å². The summed E-state index contributed by atoms with van der Waals surface area (Å²) >= 11 is 0. The maximum atomic E-state index is 11.6. The van der Waals surface area contributed by atoms with Crippen LogP contribution in [0.4, 0.5) is 0 Å². The fourth-order valence-corrected chi connectivity index (χ4v) is 2.41. The Morgan fingerprint density at radius 3 is 2.05 bits per heavy atom. The average Bonchev–Trinajstić information content (AvgIpc) is 2.39. The first-order valence-corrected chi connectivity index (χ1v) is 7.51. The van der Waals surface area contributed by atoms with E-state index in [-0.39, 0.29) is 4.90 Å². The summed E-state index contributed by atoms with van der Waals surface area (Å²) in [6.45, 7) is 0. The van der Waals surface area contributed by atoms with E-state index < -0.39 is 9.84 Å². The van der Waals surface area contributed by atoms with Crippen molar-refractivity contribution in [3.63, 3.8) is 0 Å². The molecular formula is C14H14O4S. The van der Waals surface area contributed by atoms with E-state index in [1.54, 1.807) is 49.6 Å². The molecule has 0 radical (unpaired) electrons. The van der Waals surface area contributed by atoms with Crippen molar-refractivity contribution in [2.24, 2.45) is 0 Å². The smallest absolute Gasteiger partial charge is 0.179 e. The number of ether oxygens (including phenoxy) is 2. The molecule has 2 aromatic carbocycles. The molecule has 0 unspecified atom stereocenters. The summed E-state index contributed by atoms with van der Waals surface area (Å²) in [4.78, 5) is 0.172. The third-order valence-corrected chi connectivity index (χ3v) is 3.67. The van der Waals surface area contributed by atoms with Crippen LogP contribution >= 0.6 is 0 Å². The monoisotopic (exact) mass is 278 g/mol. The molecule has 2 rings (SSSR count). The summed E-state index contributed by atoms with van der Waals surface area (Å²) in [6, 6.07) is 13.5. The van der Waals surface area contributed by atoms with E-state index >= 15 is 0 Å². The molecule has 0 aliphatic rings. The molecule has 0 saturated heterocycles. The number of hydrogen-bond acceptors (Lipinski definition) is 4. The molecule has 0 aliphatic carbocycles. The van der Waals surface area contributed by atoms with E-state index in [0.717, 1.165) is 6.26 Å². The maximum absolute atomic E-state index is 11.6. The van der Waals surface area contributed by atoms with E-state index in [0.29, 0.717) is 17.2 Å². The maximum Gasteiger partial charge on any atom is 0.179 e. The standard InChI is InChI=1S/C14H14O4S/c1-17-11-7-9-12(10-8-11)18-13-5-3-4-6-14(13)19(2,15)16/h3-10H,1-2H3. The molecule has 4 nitrogen and oxygen atoms in total. The minimum absolute atomic E-state index is 0.172. The Kier molecular flexibility index (Phi) is 3.76. The van der Waals surface area contributed by atoms with Gasteiger partial charge in [-0.3, -0.25) is 0 Å². The molecule has 0 amide bonds. The normalized spacial score (nSPS) is 11.1. The van der Waals surface area contributed by atoms with Gasteiger partial charge in [-0.1, -0.05) is 12.1 Å². The van der Waals surface area contributed by atoms with Crippen LogP contribution in [-0.2, 0) is 9.84 Å². The molecule has 19 heavy (non-hydrogen) atoms. The lowest BCUT2D eigenvalue weighted by Crippen LogP contribution is -1.99. The average molecular weight is 278 g/mol. The summed E-state index contributed by atoms with van der Waals surface area (Å²) in [7, 11) is -1.74. The van der Waals surface area contributed by atoms with Crippen molar-refractivity contribution in [1.29, 1.82) is 0 Å². The largest absolute Gasteiger partial charge is 0.497 e. The van der Waals surface area contributed by atoms with Gasteiger partial charge in [-0.05, 0) is 36.4 Å². The molecular weight excluding hydrogens is 264 g/mol. The van der Waals surface area contributed by atoms with Crippen LogP contribution in [0.25, 0.3) is 0 Å². The Balaban J connectivity index is 2.33. The van der Waals surface area contributed by atoms with E-state index in [1.165, 1.54) is 6.07 Å². The molecule has 0 aliphatic heterocycles. The first kappa shape index (κ1) is 13.4. The molecule has 0 fully saturated rings. The van der Waals surface area contributed by atoms with Gasteiger partial charge in [0.05, 0.1) is 7.11 Å². The summed E-state index contributed by atoms with van der Waals surface area (Å²) in [6.07, 6.45) is 1.16. The van der Waals surface area contributed by atoms with Crippen LogP contribution in [0, 0.1) is 0 Å². The van der Waals surface area contributed by atoms with Crippen molar-refractivity contribution in [2.45, 2.75) is 4.90 Å². The molecule has 0 N–H and O–H groups in total. The zero-order valence-electron chi connectivity index (χ0n) is 10.7. The van der Waals surface area contributed by atoms with Crippen molar-refractivity contribution in [3.8, 4) is 17.2 Å². The highest BCUT2D eigenvalue weighted by Gasteiger charge is 2.14. The number of hydrogen-bond donors (Lipinski definition) is 0. The van der Waals surface area contributed by atoms with Gasteiger partial charge in [-0.25, -0.2) is 8.42 Å². The lowest BCUT2D eigenvalue weighted by atomic mass is 10.3. The molecule has 0 spiro atoms. The Bertz CT molecular complexity index is 660. The topological polar surface area (TPSA) is 52.6 Å². The quantitative estimate of drug-likeness (QED) is 0.863. The number of rotatable bonds is 4. The highest BCUT2D eigenvalue weighted by atomic mass is 32.2. The summed E-state index contributed by atoms with van der Waals surface area (Å²) in [5, 5.41) is 0. The second-order valence-electron chi connectivity index (χ2n) is 4.00. The fourth-order valence-electron chi connectivity index (χ4n) is 1.61. The highest BCUT2D eigenvalue weighted by Crippen LogP contribution is 2.29. The molecule has 0 saturated carbocycles. The Morgan fingerprint density at radius 1 is 0.895 bits per heavy atom. The predicted octanol–water partition coefficient (Wildman–Crippen LogP) is 2.89. The van der Waals surface area contributed by atoms with Crippen LogP contribution in [-0.4, -0.2) is 21.8 Å². The molecule has 100 valence electrons. The van der Waals surface area contributed by atoms with Crippen LogP contribution in [0.2, 0.25) is 0 Å². The minimum Gasteiger partial charge on any atom is -0.497 e. The van der Waals surface area contributed by atoms with Gasteiger partial charge in [0.2, 0.25) is 0 Å². The SMILES string of the molecule is COc1ccc(Oc2ccccc2S(C)(=O)=O)cc1. The summed E-state index contributed by atoms with van der Waals surface area (Å²) in [5.41, 5.74) is 0. The first-order valence-electron chi connectivity index (χ1n) is 5.62. The lowest BCUT2D eigenvalue weighted by Gasteiger charge is -2.10. The second-order valence-corrected chi connectivity index (χ2v) is 5.98. The number of benzene rings is 2. The predicted molar refractivity (Wildman–Crippen MR) is 72.6 cm³/mol. The lowest BCUT2D eigenvalue weighted by molar-refractivity contribution is 0.412. The molecule has 0 aromatic heterocycles. The van der Waals surface area contributed by atoms with Crippen LogP contribution in [0.1, 0.15) is 0 Å². The number of methoxy groups -OCH3 is 1. The fraction of sp³-hybridized carbons (Fsp3) is 0.143. The van der Waals surface area contributed by atoms with Crippen molar-refractivity contribution < 1.29 is 17.9 Å². The zero-order valence-corrected chi connectivity index (χ0v) is 11.5. The van der Waals surface area contributed by atoms with Gasteiger partial charge in [-0.15, -0.1) is 0 Å². The Morgan fingerprint density at radius 2 is 1.47 bits per heavy atom. The van der Waals surface area contributed by atoms with Gasteiger partial charge >= 0.3 is 0 Å². The van der Waals surface area contributed by atoms with Crippen LogP contribution < -0.4 is 9.47 Å². The molecule has 0 bridgehead atoms. The Hall–Kier alpha value is -2.01. The van der Waals surface area contributed by atoms with Gasteiger partial charge < -0.3 is 9.47 Å². The minimum atomic E-state index is -3.32. The Labute approximate surface area is 112 Å². The summed E-state index contributed by atoms with van der Waals surface area (Å²) < 4.78 is 33.9. The zero-order chi connectivity index (χ0) is 13.9. The summed E-state index contributed by atoms with van der Waals surface area (Å²) in [5.74, 6) is 1.58. The van der Waals surface area contributed by atoms with Gasteiger partial charge in [0.25, 0.3) is 0 Å². The first-order chi connectivity index (χ1) is 9.00. The molecule has 2 aromatic rings. The van der Waals surface area contributed by atoms with Crippen molar-refractivity contribution >= 4 is 9.84 Å². The van der Waals surface area contributed by atoms with Gasteiger partial charge in [0.1, 0.15) is 22.1 Å². The van der Waals surface area contributed by atoms with Gasteiger partial charge in [-0.2, -0.15) is 0 Å². The second kappa shape index (κ2) is 5.32. The van der Waals surface area contributed by atoms with Crippen LogP contribution in [0.15, 0.2) is 53.4 Å². The van der Waals surface area contributed by atoms with E-state index in [4.69, 9.17) is 9.47 Å². The van der Waals surface area contributed by atoms with Crippen LogP contribution in [0.3, 0.4) is 0 Å². The van der Waals surface area contributed by atoms with E-state index in [2.05, 4.69) is 0 Å². The molecule has 0 atom stereocenters. The van der Waals surface area contributed by atoms with Crippen molar-refractivity contribution in [2.75, 3.05) is 13.4 Å². The van der Waals surface area contributed by atoms with Gasteiger partial charge in [0.15, 0.2) is 9.84 Å².